The van der Waals surface area contributed by atoms with Crippen LogP contribution >= 0.6 is 0 Å². The van der Waals surface area contributed by atoms with Gasteiger partial charge in [-0.15, -0.1) is 0 Å². The molecular weight excluding hydrogens is 222 g/mol. The fourth-order valence-electron chi connectivity index (χ4n) is 2.10. The third-order valence-corrected chi connectivity index (χ3v) is 3.27. The Hall–Kier alpha value is -1.07. The lowest BCUT2D eigenvalue weighted by Crippen LogP contribution is -2.12. The zero-order valence-electron chi connectivity index (χ0n) is 11.5. The average molecular weight is 247 g/mol. The van der Waals surface area contributed by atoms with Gasteiger partial charge in [0.05, 0.1) is 12.2 Å². The van der Waals surface area contributed by atoms with Crippen molar-refractivity contribution in [3.8, 4) is 6.07 Å². The lowest BCUT2D eigenvalue weighted by atomic mass is 10.1. The Morgan fingerprint density at radius 2 is 1.94 bits per heavy atom. The van der Waals surface area contributed by atoms with E-state index in [2.05, 4.69) is 13.0 Å². The van der Waals surface area contributed by atoms with Gasteiger partial charge in [-0.1, -0.05) is 57.6 Å². The smallest absolute Gasteiger partial charge is 0.0988 e. The molecular formula is C16H25NO. The van der Waals surface area contributed by atoms with Crippen LogP contribution in [-0.4, -0.2) is 12.7 Å². The summed E-state index contributed by atoms with van der Waals surface area (Å²) in [5.41, 5.74) is 0.755. The van der Waals surface area contributed by atoms with Gasteiger partial charge >= 0.3 is 0 Å². The van der Waals surface area contributed by atoms with Gasteiger partial charge in [-0.3, -0.25) is 0 Å². The van der Waals surface area contributed by atoms with Gasteiger partial charge in [0.2, 0.25) is 0 Å². The Kier molecular flexibility index (Phi) is 8.25. The minimum atomic E-state index is 0.183. The van der Waals surface area contributed by atoms with Crippen molar-refractivity contribution in [3.63, 3.8) is 0 Å². The molecule has 2 nitrogen and oxygen atoms in total. The van der Waals surface area contributed by atoms with E-state index in [4.69, 9.17) is 10.00 Å². The molecule has 1 aliphatic rings. The first kappa shape index (κ1) is 15.0. The summed E-state index contributed by atoms with van der Waals surface area (Å²) < 4.78 is 5.76. The first-order chi connectivity index (χ1) is 8.86. The number of ether oxygens (including phenoxy) is 1. The summed E-state index contributed by atoms with van der Waals surface area (Å²) >= 11 is 0. The minimum Gasteiger partial charge on any atom is -0.374 e. The highest BCUT2D eigenvalue weighted by atomic mass is 16.5. The van der Waals surface area contributed by atoms with Crippen LogP contribution in [0.2, 0.25) is 0 Å². The summed E-state index contributed by atoms with van der Waals surface area (Å²) in [6.07, 6.45) is 16.0. The lowest BCUT2D eigenvalue weighted by molar-refractivity contribution is 0.0830. The minimum absolute atomic E-state index is 0.183. The van der Waals surface area contributed by atoms with E-state index in [1.165, 1.54) is 38.5 Å². The Labute approximate surface area is 111 Å². The summed E-state index contributed by atoms with van der Waals surface area (Å²) in [4.78, 5) is 0. The molecule has 0 bridgehead atoms. The molecule has 0 N–H and O–H groups in total. The molecule has 100 valence electrons. The quantitative estimate of drug-likeness (QED) is 0.561. The second-order valence-electron chi connectivity index (χ2n) is 4.90. The fraction of sp³-hybridized carbons (Fsp3) is 0.688. The van der Waals surface area contributed by atoms with Crippen LogP contribution in [0.3, 0.4) is 0 Å². The molecule has 0 aromatic rings. The van der Waals surface area contributed by atoms with Gasteiger partial charge in [0, 0.05) is 12.2 Å². The Balaban J connectivity index is 1.92. The number of rotatable bonds is 9. The highest BCUT2D eigenvalue weighted by Gasteiger charge is 2.08. The van der Waals surface area contributed by atoms with E-state index in [9.17, 15) is 0 Å². The molecule has 0 fully saturated rings. The van der Waals surface area contributed by atoms with Crippen molar-refractivity contribution in [3.05, 3.63) is 23.8 Å². The molecule has 18 heavy (non-hydrogen) atoms. The summed E-state index contributed by atoms with van der Waals surface area (Å²) in [6, 6.07) is 2.14. The number of nitrogens with zero attached hydrogens (tertiary/aromatic N) is 1. The van der Waals surface area contributed by atoms with E-state index in [1.54, 1.807) is 0 Å². The van der Waals surface area contributed by atoms with E-state index < -0.39 is 0 Å². The van der Waals surface area contributed by atoms with E-state index in [0.717, 1.165) is 25.0 Å². The molecule has 0 radical (unpaired) electrons. The van der Waals surface area contributed by atoms with E-state index >= 15 is 0 Å². The highest BCUT2D eigenvalue weighted by Crippen LogP contribution is 2.13. The molecule has 1 atom stereocenters. The van der Waals surface area contributed by atoms with Crippen LogP contribution in [0.4, 0.5) is 0 Å². The molecule has 1 aliphatic carbocycles. The molecule has 0 saturated carbocycles. The Morgan fingerprint density at radius 3 is 2.56 bits per heavy atom. The summed E-state index contributed by atoms with van der Waals surface area (Å²) in [5, 5.41) is 8.70. The SMILES string of the molecule is CCCCCCCCCOC1C=CC(C#N)=CC1. The predicted octanol–water partition coefficient (Wildman–Crippen LogP) is 4.53. The zero-order valence-corrected chi connectivity index (χ0v) is 11.5. The third-order valence-electron chi connectivity index (χ3n) is 3.27. The molecule has 0 saturated heterocycles. The zero-order chi connectivity index (χ0) is 13.1. The maximum atomic E-state index is 8.70. The fourth-order valence-corrected chi connectivity index (χ4v) is 2.10. The Morgan fingerprint density at radius 1 is 1.22 bits per heavy atom. The maximum Gasteiger partial charge on any atom is 0.0988 e. The predicted molar refractivity (Wildman–Crippen MR) is 75.2 cm³/mol. The van der Waals surface area contributed by atoms with Gasteiger partial charge in [-0.05, 0) is 18.9 Å². The van der Waals surface area contributed by atoms with E-state index in [1.807, 2.05) is 18.2 Å². The number of nitriles is 1. The second kappa shape index (κ2) is 9.91. The van der Waals surface area contributed by atoms with Gasteiger partial charge in [-0.2, -0.15) is 5.26 Å². The van der Waals surface area contributed by atoms with Crippen molar-refractivity contribution in [1.82, 2.24) is 0 Å². The van der Waals surface area contributed by atoms with Crippen molar-refractivity contribution in [2.45, 2.75) is 64.4 Å². The van der Waals surface area contributed by atoms with Crippen molar-refractivity contribution >= 4 is 0 Å². The van der Waals surface area contributed by atoms with Crippen molar-refractivity contribution in [1.29, 1.82) is 5.26 Å². The van der Waals surface area contributed by atoms with Gasteiger partial charge < -0.3 is 4.74 Å². The monoisotopic (exact) mass is 247 g/mol. The van der Waals surface area contributed by atoms with Crippen molar-refractivity contribution < 1.29 is 4.74 Å². The first-order valence-electron chi connectivity index (χ1n) is 7.27. The largest absolute Gasteiger partial charge is 0.374 e. The third kappa shape index (κ3) is 6.61. The summed E-state index contributed by atoms with van der Waals surface area (Å²) in [7, 11) is 0. The Bertz CT molecular complexity index is 312. The van der Waals surface area contributed by atoms with Crippen LogP contribution in [0.25, 0.3) is 0 Å². The summed E-state index contributed by atoms with van der Waals surface area (Å²) in [6.45, 7) is 3.09. The number of hydrogen-bond donors (Lipinski definition) is 0. The summed E-state index contributed by atoms with van der Waals surface area (Å²) in [5.74, 6) is 0. The molecule has 0 spiro atoms. The van der Waals surface area contributed by atoms with Crippen molar-refractivity contribution in [2.75, 3.05) is 6.61 Å². The van der Waals surface area contributed by atoms with E-state index in [-0.39, 0.29) is 6.10 Å². The maximum absolute atomic E-state index is 8.70. The molecule has 0 aromatic heterocycles. The van der Waals surface area contributed by atoms with Gasteiger partial charge in [0.15, 0.2) is 0 Å². The molecule has 2 heteroatoms. The van der Waals surface area contributed by atoms with Crippen LogP contribution in [-0.2, 0) is 4.74 Å². The van der Waals surface area contributed by atoms with Crippen LogP contribution in [0, 0.1) is 11.3 Å². The average Bonchev–Trinajstić information content (AvgIpc) is 2.42. The number of hydrogen-bond acceptors (Lipinski definition) is 2. The van der Waals surface area contributed by atoms with Gasteiger partial charge in [-0.25, -0.2) is 0 Å². The lowest BCUT2D eigenvalue weighted by Gasteiger charge is -2.15. The first-order valence-corrected chi connectivity index (χ1v) is 7.27. The number of allylic oxidation sites excluding steroid dienone is 2. The van der Waals surface area contributed by atoms with Crippen LogP contribution in [0.5, 0.6) is 0 Å². The normalized spacial score (nSPS) is 18.4. The van der Waals surface area contributed by atoms with Gasteiger partial charge in [0.25, 0.3) is 0 Å². The van der Waals surface area contributed by atoms with Crippen LogP contribution in [0.15, 0.2) is 23.8 Å². The second-order valence-corrected chi connectivity index (χ2v) is 4.90. The van der Waals surface area contributed by atoms with Crippen LogP contribution < -0.4 is 0 Å². The standard InChI is InChI=1S/C16H25NO/c1-2-3-4-5-6-7-8-13-18-16-11-9-15(14-17)10-12-16/h9-11,16H,2-8,12-13H2,1H3. The topological polar surface area (TPSA) is 33.0 Å². The van der Waals surface area contributed by atoms with Crippen molar-refractivity contribution in [2.24, 2.45) is 0 Å². The highest BCUT2D eigenvalue weighted by molar-refractivity contribution is 5.35. The molecule has 0 aliphatic heterocycles. The molecule has 1 unspecified atom stereocenters. The van der Waals surface area contributed by atoms with E-state index in [0.29, 0.717) is 0 Å². The van der Waals surface area contributed by atoms with Crippen LogP contribution in [0.1, 0.15) is 58.3 Å². The number of unbranched alkanes of at least 4 members (excludes halogenated alkanes) is 6. The molecule has 0 aromatic carbocycles. The molecule has 0 amide bonds. The van der Waals surface area contributed by atoms with Gasteiger partial charge in [0.1, 0.15) is 0 Å². The molecule has 1 rings (SSSR count). The molecule has 0 heterocycles.